The van der Waals surface area contributed by atoms with Gasteiger partial charge in [0.15, 0.2) is 0 Å². The molecule has 0 aromatic heterocycles. The third-order valence-electron chi connectivity index (χ3n) is 2.85. The van der Waals surface area contributed by atoms with E-state index >= 15 is 0 Å². The van der Waals surface area contributed by atoms with E-state index < -0.39 is 0 Å². The van der Waals surface area contributed by atoms with Gasteiger partial charge in [-0.05, 0) is 29.8 Å². The minimum absolute atomic E-state index is 0.588. The summed E-state index contributed by atoms with van der Waals surface area (Å²) in [4.78, 5) is 2.11. The molecule has 0 heterocycles. The minimum Gasteiger partial charge on any atom is -0.293 e. The Morgan fingerprint density at radius 1 is 1.06 bits per heavy atom. The number of fused-ring (bicyclic) bond motifs is 1. The van der Waals surface area contributed by atoms with Crippen molar-refractivity contribution in [3.8, 4) is 0 Å². The average molecular weight is 234 g/mol. The molecule has 2 rings (SSSR count). The van der Waals surface area contributed by atoms with Crippen LogP contribution in [-0.4, -0.2) is 24.5 Å². The fourth-order valence-electron chi connectivity index (χ4n) is 1.88. The Labute approximate surface area is 102 Å². The molecule has 0 N–H and O–H groups in total. The van der Waals surface area contributed by atoms with Gasteiger partial charge in [-0.1, -0.05) is 42.5 Å². The summed E-state index contributed by atoms with van der Waals surface area (Å²) in [6, 6.07) is 15.6. The van der Waals surface area contributed by atoms with Crippen LogP contribution in [0.2, 0.25) is 0 Å². The smallest absolute Gasteiger partial charge is 0.0736 e. The largest absolute Gasteiger partial charge is 0.293 e. The molecular formula is C14H16ClN. The Morgan fingerprint density at radius 2 is 1.81 bits per heavy atom. The Kier molecular flexibility index (Phi) is 3.81. The number of alkyl halides is 1. The lowest BCUT2D eigenvalue weighted by molar-refractivity contribution is 0.394. The highest BCUT2D eigenvalue weighted by atomic mass is 35.5. The van der Waals surface area contributed by atoms with Crippen LogP contribution in [0.3, 0.4) is 0 Å². The minimum atomic E-state index is 0.588. The first-order valence-corrected chi connectivity index (χ1v) is 6.06. The third kappa shape index (κ3) is 2.55. The maximum absolute atomic E-state index is 5.76. The maximum atomic E-state index is 5.76. The Bertz CT molecular complexity index is 462. The first-order chi connectivity index (χ1) is 7.81. The highest BCUT2D eigenvalue weighted by molar-refractivity contribution is 6.17. The molecule has 0 amide bonds. The fraction of sp³-hybridized carbons (Fsp3) is 0.286. The van der Waals surface area contributed by atoms with Crippen LogP contribution in [0.4, 0.5) is 0 Å². The third-order valence-corrected chi connectivity index (χ3v) is 3.25. The van der Waals surface area contributed by atoms with Crippen LogP contribution in [0.25, 0.3) is 10.8 Å². The summed E-state index contributed by atoms with van der Waals surface area (Å²) in [5.74, 6) is 0. The number of likely N-dealkylation sites (N-methyl/N-ethyl adjacent to an activating group) is 1. The van der Waals surface area contributed by atoms with Gasteiger partial charge in [0, 0.05) is 6.54 Å². The van der Waals surface area contributed by atoms with Gasteiger partial charge in [-0.25, -0.2) is 0 Å². The van der Waals surface area contributed by atoms with E-state index in [0.29, 0.717) is 6.00 Å². The van der Waals surface area contributed by atoms with Crippen LogP contribution in [0.1, 0.15) is 5.56 Å². The summed E-state index contributed by atoms with van der Waals surface area (Å²) in [5, 5.41) is 2.67. The van der Waals surface area contributed by atoms with Gasteiger partial charge in [0.2, 0.25) is 0 Å². The molecule has 0 aliphatic carbocycles. The van der Waals surface area contributed by atoms with Gasteiger partial charge in [-0.15, -0.1) is 11.6 Å². The van der Waals surface area contributed by atoms with E-state index in [9.17, 15) is 0 Å². The molecule has 0 saturated carbocycles. The van der Waals surface area contributed by atoms with Crippen LogP contribution in [0.15, 0.2) is 42.5 Å². The van der Waals surface area contributed by atoms with Crippen LogP contribution >= 0.6 is 11.6 Å². The second-order valence-corrected chi connectivity index (χ2v) is 4.33. The SMILES string of the molecule is CN(CCl)CCc1cccc2ccccc12. The Balaban J connectivity index is 2.23. The van der Waals surface area contributed by atoms with Crippen molar-refractivity contribution in [2.45, 2.75) is 6.42 Å². The highest BCUT2D eigenvalue weighted by Crippen LogP contribution is 2.18. The van der Waals surface area contributed by atoms with Crippen molar-refractivity contribution in [3.05, 3.63) is 48.0 Å². The zero-order chi connectivity index (χ0) is 11.4. The van der Waals surface area contributed by atoms with Crippen LogP contribution in [-0.2, 0) is 6.42 Å². The summed E-state index contributed by atoms with van der Waals surface area (Å²) in [6.07, 6.45) is 1.05. The van der Waals surface area contributed by atoms with Gasteiger partial charge < -0.3 is 0 Å². The van der Waals surface area contributed by atoms with E-state index in [4.69, 9.17) is 11.6 Å². The monoisotopic (exact) mass is 233 g/mol. The molecule has 0 saturated heterocycles. The van der Waals surface area contributed by atoms with Crippen LogP contribution in [0.5, 0.6) is 0 Å². The number of halogens is 1. The van der Waals surface area contributed by atoms with Crippen molar-refractivity contribution < 1.29 is 0 Å². The van der Waals surface area contributed by atoms with Gasteiger partial charge in [-0.3, -0.25) is 4.90 Å². The first kappa shape index (κ1) is 11.4. The number of hydrogen-bond acceptors (Lipinski definition) is 1. The maximum Gasteiger partial charge on any atom is 0.0736 e. The van der Waals surface area contributed by atoms with Gasteiger partial charge in [0.25, 0.3) is 0 Å². The van der Waals surface area contributed by atoms with E-state index in [-0.39, 0.29) is 0 Å². The van der Waals surface area contributed by atoms with E-state index in [1.54, 1.807) is 0 Å². The van der Waals surface area contributed by atoms with Crippen molar-refractivity contribution in [3.63, 3.8) is 0 Å². The van der Waals surface area contributed by atoms with Crippen LogP contribution < -0.4 is 0 Å². The van der Waals surface area contributed by atoms with E-state index in [0.717, 1.165) is 13.0 Å². The molecule has 0 aliphatic heterocycles. The standard InChI is InChI=1S/C14H16ClN/c1-16(11-15)10-9-13-7-4-6-12-5-2-3-8-14(12)13/h2-8H,9-11H2,1H3. The molecular weight excluding hydrogens is 218 g/mol. The molecule has 84 valence electrons. The van der Waals surface area contributed by atoms with Gasteiger partial charge in [0.05, 0.1) is 6.00 Å². The summed E-state index contributed by atoms with van der Waals surface area (Å²) >= 11 is 5.76. The van der Waals surface area contributed by atoms with Crippen LogP contribution in [0, 0.1) is 0 Å². The van der Waals surface area contributed by atoms with Gasteiger partial charge in [0.1, 0.15) is 0 Å². The van der Waals surface area contributed by atoms with Gasteiger partial charge in [-0.2, -0.15) is 0 Å². The molecule has 0 atom stereocenters. The lowest BCUT2D eigenvalue weighted by Crippen LogP contribution is -2.19. The summed E-state index contributed by atoms with van der Waals surface area (Å²) in [7, 11) is 2.04. The quantitative estimate of drug-likeness (QED) is 0.577. The Hall–Kier alpha value is -1.05. The molecule has 0 unspecified atom stereocenters. The summed E-state index contributed by atoms with van der Waals surface area (Å²) in [5.41, 5.74) is 1.40. The molecule has 2 heteroatoms. The zero-order valence-corrected chi connectivity index (χ0v) is 10.2. The zero-order valence-electron chi connectivity index (χ0n) is 9.49. The van der Waals surface area contributed by atoms with Crippen molar-refractivity contribution >= 4 is 22.4 Å². The van der Waals surface area contributed by atoms with Crippen molar-refractivity contribution in [1.29, 1.82) is 0 Å². The van der Waals surface area contributed by atoms with Crippen molar-refractivity contribution in [2.75, 3.05) is 19.6 Å². The normalized spacial score (nSPS) is 11.2. The van der Waals surface area contributed by atoms with E-state index in [1.807, 2.05) is 7.05 Å². The number of nitrogens with zero attached hydrogens (tertiary/aromatic N) is 1. The van der Waals surface area contributed by atoms with Crippen molar-refractivity contribution in [1.82, 2.24) is 4.90 Å². The van der Waals surface area contributed by atoms with E-state index in [1.165, 1.54) is 16.3 Å². The highest BCUT2D eigenvalue weighted by Gasteiger charge is 2.01. The molecule has 2 aromatic carbocycles. The summed E-state index contributed by atoms with van der Waals surface area (Å²) in [6.45, 7) is 0.998. The molecule has 0 radical (unpaired) electrons. The predicted molar refractivity (Wildman–Crippen MR) is 71.0 cm³/mol. The average Bonchev–Trinajstić information content (AvgIpc) is 2.35. The molecule has 2 aromatic rings. The Morgan fingerprint density at radius 3 is 2.62 bits per heavy atom. The van der Waals surface area contributed by atoms with Gasteiger partial charge >= 0.3 is 0 Å². The number of benzene rings is 2. The molecule has 0 fully saturated rings. The fourth-order valence-corrected chi connectivity index (χ4v) is 2.00. The number of hydrogen-bond donors (Lipinski definition) is 0. The molecule has 0 spiro atoms. The molecule has 1 nitrogen and oxygen atoms in total. The second kappa shape index (κ2) is 5.33. The molecule has 0 aliphatic rings. The summed E-state index contributed by atoms with van der Waals surface area (Å²) < 4.78 is 0. The predicted octanol–water partition coefficient (Wildman–Crippen LogP) is 3.51. The van der Waals surface area contributed by atoms with E-state index in [2.05, 4.69) is 47.4 Å². The van der Waals surface area contributed by atoms with Crippen molar-refractivity contribution in [2.24, 2.45) is 0 Å². The lowest BCUT2D eigenvalue weighted by Gasteiger charge is -2.13. The second-order valence-electron chi connectivity index (χ2n) is 4.09. The molecule has 0 bridgehead atoms. The number of rotatable bonds is 4. The first-order valence-electron chi connectivity index (χ1n) is 5.52. The lowest BCUT2D eigenvalue weighted by atomic mass is 10.0. The topological polar surface area (TPSA) is 3.24 Å². The molecule has 16 heavy (non-hydrogen) atoms.